The minimum atomic E-state index is -0.946. The average molecular weight is 294 g/mol. The van der Waals surface area contributed by atoms with E-state index in [1.165, 1.54) is 12.1 Å². The average Bonchev–Trinajstić information content (AvgIpc) is 2.55. The van der Waals surface area contributed by atoms with Crippen LogP contribution in [0.1, 0.15) is 15.9 Å². The third kappa shape index (κ3) is 3.15. The van der Waals surface area contributed by atoms with Crippen LogP contribution in [0.5, 0.6) is 5.75 Å². The smallest absolute Gasteiger partial charge is 0.335 e. The number of para-hydroxylation sites is 1. The molecular weight excluding hydrogens is 280 g/mol. The van der Waals surface area contributed by atoms with Crippen LogP contribution in [0.4, 0.5) is 5.69 Å². The summed E-state index contributed by atoms with van der Waals surface area (Å²) in [6, 6.07) is 14.2. The Labute approximate surface area is 127 Å². The number of nitrogens with zero attached hydrogens (tertiary/aromatic N) is 1. The molecule has 5 nitrogen and oxygen atoms in total. The second kappa shape index (κ2) is 6.13. The van der Waals surface area contributed by atoms with Crippen molar-refractivity contribution >= 4 is 23.9 Å². The van der Waals surface area contributed by atoms with E-state index in [9.17, 15) is 4.79 Å². The largest absolute Gasteiger partial charge is 0.488 e. The predicted molar refractivity (Wildman–Crippen MR) is 85.4 cm³/mol. The van der Waals surface area contributed by atoms with Gasteiger partial charge in [-0.1, -0.05) is 18.2 Å². The molecule has 1 aliphatic heterocycles. The van der Waals surface area contributed by atoms with Crippen LogP contribution in [0.15, 0.2) is 59.2 Å². The Hall–Kier alpha value is -3.08. The van der Waals surface area contributed by atoms with Crippen LogP contribution in [0, 0.1) is 0 Å². The van der Waals surface area contributed by atoms with E-state index in [-0.39, 0.29) is 5.56 Å². The Kier molecular flexibility index (Phi) is 3.87. The number of rotatable bonds is 4. The quantitative estimate of drug-likeness (QED) is 0.670. The van der Waals surface area contributed by atoms with Crippen LogP contribution < -0.4 is 10.2 Å². The normalized spacial score (nSPS) is 13.2. The highest BCUT2D eigenvalue weighted by atomic mass is 16.5. The Morgan fingerprint density at radius 3 is 2.73 bits per heavy atom. The van der Waals surface area contributed by atoms with Crippen molar-refractivity contribution in [1.29, 1.82) is 0 Å². The molecule has 22 heavy (non-hydrogen) atoms. The van der Waals surface area contributed by atoms with E-state index < -0.39 is 5.97 Å². The topological polar surface area (TPSA) is 70.9 Å². The number of hydrogen-bond donors (Lipinski definition) is 2. The SMILES string of the molecule is O=C(O)c1ccc(N/N=C/C2=Cc3ccccc3OC2)cc1. The van der Waals surface area contributed by atoms with Gasteiger partial charge in [-0.05, 0) is 36.4 Å². The first-order chi connectivity index (χ1) is 10.7. The number of anilines is 1. The minimum Gasteiger partial charge on any atom is -0.488 e. The van der Waals surface area contributed by atoms with Crippen LogP contribution in [-0.4, -0.2) is 23.9 Å². The van der Waals surface area contributed by atoms with Gasteiger partial charge in [0.25, 0.3) is 0 Å². The van der Waals surface area contributed by atoms with E-state index in [2.05, 4.69) is 10.5 Å². The summed E-state index contributed by atoms with van der Waals surface area (Å²) < 4.78 is 5.63. The molecule has 0 aliphatic carbocycles. The summed E-state index contributed by atoms with van der Waals surface area (Å²) in [6.07, 6.45) is 3.72. The van der Waals surface area contributed by atoms with Crippen LogP contribution in [0.3, 0.4) is 0 Å². The molecule has 110 valence electrons. The Morgan fingerprint density at radius 1 is 1.18 bits per heavy atom. The van der Waals surface area contributed by atoms with Crippen LogP contribution in [0.25, 0.3) is 6.08 Å². The van der Waals surface area contributed by atoms with E-state index in [0.717, 1.165) is 22.6 Å². The third-order valence-corrected chi connectivity index (χ3v) is 3.21. The van der Waals surface area contributed by atoms with Crippen LogP contribution in [-0.2, 0) is 0 Å². The van der Waals surface area contributed by atoms with E-state index in [0.29, 0.717) is 6.61 Å². The molecule has 0 amide bonds. The molecule has 2 aromatic carbocycles. The highest BCUT2D eigenvalue weighted by molar-refractivity contribution is 5.89. The lowest BCUT2D eigenvalue weighted by Gasteiger charge is -2.15. The molecule has 0 unspecified atom stereocenters. The van der Waals surface area contributed by atoms with Gasteiger partial charge in [-0.15, -0.1) is 0 Å². The molecule has 1 aliphatic rings. The number of nitrogens with one attached hydrogen (secondary N) is 1. The highest BCUT2D eigenvalue weighted by Gasteiger charge is 2.08. The number of hydrogen-bond acceptors (Lipinski definition) is 4. The second-order valence-electron chi connectivity index (χ2n) is 4.80. The summed E-state index contributed by atoms with van der Waals surface area (Å²) in [7, 11) is 0. The van der Waals surface area contributed by atoms with E-state index >= 15 is 0 Å². The van der Waals surface area contributed by atoms with Crippen LogP contribution >= 0.6 is 0 Å². The van der Waals surface area contributed by atoms with Gasteiger partial charge in [0.05, 0.1) is 17.5 Å². The fraction of sp³-hybridized carbons (Fsp3) is 0.0588. The zero-order chi connectivity index (χ0) is 15.4. The Balaban J connectivity index is 1.65. The lowest BCUT2D eigenvalue weighted by Crippen LogP contribution is -2.08. The monoisotopic (exact) mass is 294 g/mol. The van der Waals surface area contributed by atoms with Gasteiger partial charge in [-0.3, -0.25) is 5.43 Å². The third-order valence-electron chi connectivity index (χ3n) is 3.21. The summed E-state index contributed by atoms with van der Waals surface area (Å²) in [4.78, 5) is 10.8. The molecule has 0 saturated carbocycles. The molecule has 0 spiro atoms. The molecule has 0 radical (unpaired) electrons. The number of carbonyl (C=O) groups is 1. The highest BCUT2D eigenvalue weighted by Crippen LogP contribution is 2.24. The summed E-state index contributed by atoms with van der Waals surface area (Å²) in [5.41, 5.74) is 5.81. The van der Waals surface area contributed by atoms with Crippen molar-refractivity contribution in [2.75, 3.05) is 12.0 Å². The lowest BCUT2D eigenvalue weighted by atomic mass is 10.1. The van der Waals surface area contributed by atoms with Crippen molar-refractivity contribution in [1.82, 2.24) is 0 Å². The van der Waals surface area contributed by atoms with Gasteiger partial charge >= 0.3 is 5.97 Å². The predicted octanol–water partition coefficient (Wildman–Crippen LogP) is 3.26. The first kappa shape index (κ1) is 13.9. The molecule has 0 fully saturated rings. The van der Waals surface area contributed by atoms with Gasteiger partial charge in [0.2, 0.25) is 0 Å². The number of benzene rings is 2. The minimum absolute atomic E-state index is 0.245. The maximum atomic E-state index is 10.8. The standard InChI is InChI=1S/C17H14N2O3/c20-17(21)13-5-7-15(8-6-13)19-18-10-12-9-14-3-1-2-4-16(14)22-11-12/h1-10,19H,11H2,(H,20,21)/b18-10+. The van der Waals surface area contributed by atoms with Crippen LogP contribution in [0.2, 0.25) is 0 Å². The van der Waals surface area contributed by atoms with Gasteiger partial charge in [0.1, 0.15) is 12.4 Å². The molecule has 2 N–H and O–H groups in total. The molecule has 1 heterocycles. The number of ether oxygens (including phenoxy) is 1. The number of carboxylic acids is 1. The van der Waals surface area contributed by atoms with E-state index in [1.807, 2.05) is 30.3 Å². The molecular formula is C17H14N2O3. The maximum Gasteiger partial charge on any atom is 0.335 e. The molecule has 2 aromatic rings. The molecule has 5 heteroatoms. The van der Waals surface area contributed by atoms with Crippen molar-refractivity contribution < 1.29 is 14.6 Å². The maximum absolute atomic E-state index is 10.8. The molecule has 3 rings (SSSR count). The Morgan fingerprint density at radius 2 is 1.95 bits per heavy atom. The molecule has 0 atom stereocenters. The zero-order valence-electron chi connectivity index (χ0n) is 11.7. The summed E-state index contributed by atoms with van der Waals surface area (Å²) in [6.45, 7) is 0.472. The molecule has 0 aromatic heterocycles. The van der Waals surface area contributed by atoms with Crippen molar-refractivity contribution in [3.63, 3.8) is 0 Å². The number of aromatic carboxylic acids is 1. The molecule has 0 bridgehead atoms. The van der Waals surface area contributed by atoms with E-state index in [4.69, 9.17) is 9.84 Å². The number of hydrazone groups is 1. The van der Waals surface area contributed by atoms with Gasteiger partial charge < -0.3 is 9.84 Å². The zero-order valence-corrected chi connectivity index (χ0v) is 11.7. The fourth-order valence-electron chi connectivity index (χ4n) is 2.09. The van der Waals surface area contributed by atoms with Crippen molar-refractivity contribution in [2.45, 2.75) is 0 Å². The van der Waals surface area contributed by atoms with Gasteiger partial charge in [-0.25, -0.2) is 4.79 Å². The molecule has 0 saturated heterocycles. The van der Waals surface area contributed by atoms with Gasteiger partial charge in [0.15, 0.2) is 0 Å². The van der Waals surface area contributed by atoms with Crippen molar-refractivity contribution in [3.8, 4) is 5.75 Å². The fourth-order valence-corrected chi connectivity index (χ4v) is 2.09. The first-order valence-corrected chi connectivity index (χ1v) is 6.77. The first-order valence-electron chi connectivity index (χ1n) is 6.77. The van der Waals surface area contributed by atoms with Gasteiger partial charge in [-0.2, -0.15) is 5.10 Å². The lowest BCUT2D eigenvalue weighted by molar-refractivity contribution is 0.0697. The summed E-state index contributed by atoms with van der Waals surface area (Å²) in [5, 5.41) is 13.0. The van der Waals surface area contributed by atoms with Crippen molar-refractivity contribution in [3.05, 3.63) is 65.2 Å². The second-order valence-corrected chi connectivity index (χ2v) is 4.80. The Bertz CT molecular complexity index is 749. The van der Waals surface area contributed by atoms with E-state index in [1.54, 1.807) is 18.3 Å². The number of fused-ring (bicyclic) bond motifs is 1. The number of carboxylic acid groups (broad SMARTS) is 1. The summed E-state index contributed by atoms with van der Waals surface area (Å²) in [5.74, 6) is -0.0740. The van der Waals surface area contributed by atoms with Gasteiger partial charge in [0, 0.05) is 11.1 Å². The van der Waals surface area contributed by atoms with Crippen molar-refractivity contribution in [2.24, 2.45) is 5.10 Å². The summed E-state index contributed by atoms with van der Waals surface area (Å²) >= 11 is 0.